The Labute approximate surface area is 116 Å². The van der Waals surface area contributed by atoms with Gasteiger partial charge in [-0.05, 0) is 19.3 Å². The highest BCUT2D eigenvalue weighted by atomic mass is 32.2. The minimum absolute atomic E-state index is 0.160. The topological polar surface area (TPSA) is 83.6 Å². The second-order valence-corrected chi connectivity index (χ2v) is 9.33. The molecule has 0 radical (unpaired) electrons. The second-order valence-electron chi connectivity index (χ2n) is 5.04. The molecule has 0 spiro atoms. The molecule has 6 nitrogen and oxygen atoms in total. The third kappa shape index (κ3) is 6.20. The maximum Gasteiger partial charge on any atom is 0.211 e. The lowest BCUT2D eigenvalue weighted by molar-refractivity contribution is 0.294. The lowest BCUT2D eigenvalue weighted by Gasteiger charge is -2.30. The van der Waals surface area contributed by atoms with E-state index in [1.807, 2.05) is 6.92 Å². The van der Waals surface area contributed by atoms with Gasteiger partial charge in [-0.1, -0.05) is 6.92 Å². The third-order valence-electron chi connectivity index (χ3n) is 3.28. The van der Waals surface area contributed by atoms with Crippen molar-refractivity contribution in [3.05, 3.63) is 0 Å². The van der Waals surface area contributed by atoms with Gasteiger partial charge in [0.1, 0.15) is 0 Å². The first-order valence-corrected chi connectivity index (χ1v) is 10.3. The largest absolute Gasteiger partial charge is 0.313 e. The summed E-state index contributed by atoms with van der Waals surface area (Å²) in [6, 6.07) is 0.217. The van der Waals surface area contributed by atoms with Gasteiger partial charge in [0.15, 0.2) is 9.84 Å². The lowest BCUT2D eigenvalue weighted by atomic mass is 10.1. The Morgan fingerprint density at radius 2 is 1.68 bits per heavy atom. The van der Waals surface area contributed by atoms with Crippen molar-refractivity contribution in [2.75, 3.05) is 37.4 Å². The van der Waals surface area contributed by atoms with Crippen molar-refractivity contribution in [3.8, 4) is 0 Å². The molecule has 0 bridgehead atoms. The van der Waals surface area contributed by atoms with Crippen molar-refractivity contribution in [1.29, 1.82) is 0 Å². The number of rotatable bonds is 7. The zero-order valence-electron chi connectivity index (χ0n) is 11.6. The van der Waals surface area contributed by atoms with E-state index >= 15 is 0 Å². The first kappa shape index (κ1) is 16.9. The van der Waals surface area contributed by atoms with Gasteiger partial charge >= 0.3 is 0 Å². The molecule has 1 rings (SSSR count). The van der Waals surface area contributed by atoms with Crippen LogP contribution in [0.4, 0.5) is 0 Å². The summed E-state index contributed by atoms with van der Waals surface area (Å²) in [7, 11) is -6.03. The van der Waals surface area contributed by atoms with Crippen LogP contribution in [0.25, 0.3) is 0 Å². The number of sulfone groups is 1. The fourth-order valence-electron chi connectivity index (χ4n) is 2.22. The first-order chi connectivity index (χ1) is 8.74. The van der Waals surface area contributed by atoms with Crippen LogP contribution in [0, 0.1) is 0 Å². The molecule has 1 fully saturated rings. The van der Waals surface area contributed by atoms with Crippen LogP contribution in [0.3, 0.4) is 0 Å². The van der Waals surface area contributed by atoms with E-state index in [1.54, 1.807) is 0 Å². The van der Waals surface area contributed by atoms with Gasteiger partial charge in [-0.3, -0.25) is 0 Å². The van der Waals surface area contributed by atoms with Crippen molar-refractivity contribution in [2.24, 2.45) is 0 Å². The van der Waals surface area contributed by atoms with Gasteiger partial charge in [0.05, 0.1) is 12.0 Å². The quantitative estimate of drug-likeness (QED) is 0.705. The number of sulfonamides is 1. The summed E-state index contributed by atoms with van der Waals surface area (Å²) >= 11 is 0. The molecule has 19 heavy (non-hydrogen) atoms. The van der Waals surface area contributed by atoms with Crippen LogP contribution in [0.1, 0.15) is 26.2 Å². The highest BCUT2D eigenvalue weighted by molar-refractivity contribution is 7.91. The normalized spacial score (nSPS) is 19.7. The standard InChI is InChI=1S/C11H24N2O4S2/c1-3-9-19(16,17)10-6-12-11-4-7-13(8-5-11)18(2,14)15/h11-12H,3-10H2,1-2H3. The molecule has 1 aliphatic rings. The van der Waals surface area contributed by atoms with E-state index in [-0.39, 0.29) is 17.5 Å². The third-order valence-corrected chi connectivity index (χ3v) is 6.44. The molecule has 0 aromatic carbocycles. The predicted octanol–water partition coefficient (Wildman–Crippen LogP) is -0.175. The summed E-state index contributed by atoms with van der Waals surface area (Å²) in [5.74, 6) is 0.397. The van der Waals surface area contributed by atoms with Gasteiger partial charge in [-0.25, -0.2) is 21.1 Å². The van der Waals surface area contributed by atoms with Crippen molar-refractivity contribution < 1.29 is 16.8 Å². The van der Waals surface area contributed by atoms with Crippen molar-refractivity contribution in [2.45, 2.75) is 32.2 Å². The molecule has 1 N–H and O–H groups in total. The van der Waals surface area contributed by atoms with Gasteiger partial charge < -0.3 is 5.32 Å². The van der Waals surface area contributed by atoms with E-state index in [9.17, 15) is 16.8 Å². The van der Waals surface area contributed by atoms with Gasteiger partial charge in [-0.2, -0.15) is 0 Å². The van der Waals surface area contributed by atoms with Crippen LogP contribution in [0.5, 0.6) is 0 Å². The molecule has 0 saturated carbocycles. The lowest BCUT2D eigenvalue weighted by Crippen LogP contribution is -2.45. The summed E-state index contributed by atoms with van der Waals surface area (Å²) in [4.78, 5) is 0. The Balaban J connectivity index is 2.27. The number of nitrogens with zero attached hydrogens (tertiary/aromatic N) is 1. The predicted molar refractivity (Wildman–Crippen MR) is 76.4 cm³/mol. The van der Waals surface area contributed by atoms with E-state index in [0.717, 1.165) is 12.8 Å². The van der Waals surface area contributed by atoms with Gasteiger partial charge in [-0.15, -0.1) is 0 Å². The number of hydrogen-bond acceptors (Lipinski definition) is 5. The fraction of sp³-hybridized carbons (Fsp3) is 1.00. The highest BCUT2D eigenvalue weighted by Crippen LogP contribution is 2.12. The van der Waals surface area contributed by atoms with Crippen LogP contribution >= 0.6 is 0 Å². The van der Waals surface area contributed by atoms with Crippen molar-refractivity contribution in [3.63, 3.8) is 0 Å². The van der Waals surface area contributed by atoms with Crippen molar-refractivity contribution in [1.82, 2.24) is 9.62 Å². The minimum atomic E-state index is -3.09. The molecule has 0 aromatic rings. The summed E-state index contributed by atoms with van der Waals surface area (Å²) in [5, 5.41) is 3.21. The summed E-state index contributed by atoms with van der Waals surface area (Å²) in [5.41, 5.74) is 0. The van der Waals surface area contributed by atoms with Crippen LogP contribution in [-0.2, 0) is 19.9 Å². The fourth-order valence-corrected chi connectivity index (χ4v) is 4.35. The van der Waals surface area contributed by atoms with Crippen LogP contribution < -0.4 is 5.32 Å². The average molecular weight is 312 g/mol. The molecular formula is C11H24N2O4S2. The molecule has 0 aromatic heterocycles. The van der Waals surface area contributed by atoms with E-state index in [2.05, 4.69) is 5.32 Å². The Kier molecular flexibility index (Phi) is 6.22. The van der Waals surface area contributed by atoms with Gasteiger partial charge in [0.2, 0.25) is 10.0 Å². The van der Waals surface area contributed by atoms with E-state index in [1.165, 1.54) is 10.6 Å². The van der Waals surface area contributed by atoms with Crippen LogP contribution in [0.2, 0.25) is 0 Å². The summed E-state index contributed by atoms with van der Waals surface area (Å²) < 4.78 is 47.2. The Morgan fingerprint density at radius 1 is 1.11 bits per heavy atom. The molecule has 1 heterocycles. The van der Waals surface area contributed by atoms with Crippen molar-refractivity contribution >= 4 is 19.9 Å². The maximum absolute atomic E-state index is 11.5. The molecule has 8 heteroatoms. The van der Waals surface area contributed by atoms with Gasteiger partial charge in [0, 0.05) is 31.4 Å². The molecule has 0 amide bonds. The Bertz CT molecular complexity index is 465. The van der Waals surface area contributed by atoms with E-state index in [0.29, 0.717) is 26.1 Å². The summed E-state index contributed by atoms with van der Waals surface area (Å²) in [6.07, 6.45) is 3.34. The number of hydrogen-bond donors (Lipinski definition) is 1. The zero-order chi connectivity index (χ0) is 14.5. The minimum Gasteiger partial charge on any atom is -0.313 e. The van der Waals surface area contributed by atoms with E-state index < -0.39 is 19.9 Å². The SMILES string of the molecule is CCCS(=O)(=O)CCNC1CCN(S(C)(=O)=O)CC1. The molecule has 0 atom stereocenters. The summed E-state index contributed by atoms with van der Waals surface area (Å²) in [6.45, 7) is 3.33. The highest BCUT2D eigenvalue weighted by Gasteiger charge is 2.24. The number of piperidine rings is 1. The molecular weight excluding hydrogens is 288 g/mol. The first-order valence-electron chi connectivity index (χ1n) is 6.63. The average Bonchev–Trinajstić information content (AvgIpc) is 2.28. The Hall–Kier alpha value is -0.180. The monoisotopic (exact) mass is 312 g/mol. The Morgan fingerprint density at radius 3 is 2.16 bits per heavy atom. The van der Waals surface area contributed by atoms with E-state index in [4.69, 9.17) is 0 Å². The van der Waals surface area contributed by atoms with Crippen LogP contribution in [0.15, 0.2) is 0 Å². The zero-order valence-corrected chi connectivity index (χ0v) is 13.3. The molecule has 0 aliphatic carbocycles. The number of nitrogens with one attached hydrogen (secondary N) is 1. The van der Waals surface area contributed by atoms with Crippen LogP contribution in [-0.4, -0.2) is 64.6 Å². The molecule has 1 aliphatic heterocycles. The molecule has 114 valence electrons. The van der Waals surface area contributed by atoms with Gasteiger partial charge in [0.25, 0.3) is 0 Å². The molecule has 1 saturated heterocycles. The second kappa shape index (κ2) is 7.01. The smallest absolute Gasteiger partial charge is 0.211 e. The molecule has 0 unspecified atom stereocenters. The maximum atomic E-state index is 11.5.